The first-order chi connectivity index (χ1) is 8.86. The maximum Gasteiger partial charge on any atom is 0.270 e. The number of non-ortho nitro benzene ring substituents is 1. The van der Waals surface area contributed by atoms with Crippen LogP contribution in [0.3, 0.4) is 0 Å². The standard InChI is InChI=1S/C11H14N4O4/c1-6(10(16)13-2)14-11(17)8-5-7(15(18)19)3-4-9(8)12/h3-6H,12H2,1-2H3,(H,13,16)(H,14,17). The van der Waals surface area contributed by atoms with Crippen LogP contribution in [0.1, 0.15) is 17.3 Å². The summed E-state index contributed by atoms with van der Waals surface area (Å²) < 4.78 is 0. The predicted molar refractivity (Wildman–Crippen MR) is 68.5 cm³/mol. The van der Waals surface area contributed by atoms with Crippen molar-refractivity contribution in [3.05, 3.63) is 33.9 Å². The van der Waals surface area contributed by atoms with Crippen molar-refractivity contribution in [1.29, 1.82) is 0 Å². The average molecular weight is 266 g/mol. The van der Waals surface area contributed by atoms with E-state index in [0.717, 1.165) is 6.07 Å². The van der Waals surface area contributed by atoms with E-state index in [4.69, 9.17) is 5.73 Å². The largest absolute Gasteiger partial charge is 0.398 e. The quantitative estimate of drug-likeness (QED) is 0.403. The Balaban J connectivity index is 2.96. The summed E-state index contributed by atoms with van der Waals surface area (Å²) in [6, 6.07) is 2.78. The highest BCUT2D eigenvalue weighted by molar-refractivity contribution is 6.01. The lowest BCUT2D eigenvalue weighted by Gasteiger charge is -2.13. The van der Waals surface area contributed by atoms with Gasteiger partial charge in [-0.25, -0.2) is 0 Å². The third kappa shape index (κ3) is 3.41. The highest BCUT2D eigenvalue weighted by Gasteiger charge is 2.19. The number of carbonyl (C=O) groups excluding carboxylic acids is 2. The van der Waals surface area contributed by atoms with Crippen molar-refractivity contribution in [1.82, 2.24) is 10.6 Å². The van der Waals surface area contributed by atoms with Gasteiger partial charge in [-0.05, 0) is 13.0 Å². The summed E-state index contributed by atoms with van der Waals surface area (Å²) in [6.45, 7) is 1.49. The third-order valence-corrected chi connectivity index (χ3v) is 2.48. The molecule has 1 aromatic carbocycles. The molecule has 19 heavy (non-hydrogen) atoms. The number of nitrogen functional groups attached to an aromatic ring is 1. The molecule has 0 aliphatic rings. The minimum absolute atomic E-state index is 0.0371. The van der Waals surface area contributed by atoms with Gasteiger partial charge >= 0.3 is 0 Å². The lowest BCUT2D eigenvalue weighted by Crippen LogP contribution is -2.43. The van der Waals surface area contributed by atoms with Crippen LogP contribution in [0.25, 0.3) is 0 Å². The molecule has 1 rings (SSSR count). The Labute approximate surface area is 109 Å². The minimum Gasteiger partial charge on any atom is -0.398 e. The number of hydrogen-bond acceptors (Lipinski definition) is 5. The van der Waals surface area contributed by atoms with E-state index in [2.05, 4.69) is 10.6 Å². The maximum atomic E-state index is 11.9. The minimum atomic E-state index is -0.767. The average Bonchev–Trinajstić information content (AvgIpc) is 2.37. The second-order valence-electron chi connectivity index (χ2n) is 3.84. The SMILES string of the molecule is CNC(=O)C(C)NC(=O)c1cc([N+](=O)[O-])ccc1N. The van der Waals surface area contributed by atoms with E-state index in [-0.39, 0.29) is 22.8 Å². The summed E-state index contributed by atoms with van der Waals surface area (Å²) in [5.41, 5.74) is 5.41. The van der Waals surface area contributed by atoms with Crippen LogP contribution in [-0.4, -0.2) is 29.8 Å². The molecule has 1 atom stereocenters. The van der Waals surface area contributed by atoms with Gasteiger partial charge in [0.15, 0.2) is 0 Å². The summed E-state index contributed by atoms with van der Waals surface area (Å²) in [6.07, 6.45) is 0. The molecule has 0 bridgehead atoms. The van der Waals surface area contributed by atoms with Crippen LogP contribution < -0.4 is 16.4 Å². The fraction of sp³-hybridized carbons (Fsp3) is 0.273. The topological polar surface area (TPSA) is 127 Å². The maximum absolute atomic E-state index is 11.9. The Morgan fingerprint density at radius 3 is 2.58 bits per heavy atom. The van der Waals surface area contributed by atoms with Crippen molar-refractivity contribution < 1.29 is 14.5 Å². The molecular formula is C11H14N4O4. The number of hydrogen-bond donors (Lipinski definition) is 3. The molecule has 0 aliphatic carbocycles. The summed E-state index contributed by atoms with van der Waals surface area (Å²) >= 11 is 0. The molecule has 8 heteroatoms. The zero-order chi connectivity index (χ0) is 14.6. The van der Waals surface area contributed by atoms with E-state index in [0.29, 0.717) is 0 Å². The van der Waals surface area contributed by atoms with Crippen LogP contribution in [0.15, 0.2) is 18.2 Å². The van der Waals surface area contributed by atoms with Gasteiger partial charge in [-0.3, -0.25) is 19.7 Å². The molecular weight excluding hydrogens is 252 g/mol. The Hall–Kier alpha value is -2.64. The number of benzene rings is 1. The first-order valence-electron chi connectivity index (χ1n) is 5.43. The number of carbonyl (C=O) groups is 2. The third-order valence-electron chi connectivity index (χ3n) is 2.48. The van der Waals surface area contributed by atoms with Crippen LogP contribution in [0.5, 0.6) is 0 Å². The lowest BCUT2D eigenvalue weighted by atomic mass is 10.1. The Morgan fingerprint density at radius 2 is 2.05 bits per heavy atom. The molecule has 8 nitrogen and oxygen atoms in total. The van der Waals surface area contributed by atoms with Crippen LogP contribution in [0, 0.1) is 10.1 Å². The number of likely N-dealkylation sites (N-methyl/N-ethyl adjacent to an activating group) is 1. The molecule has 0 heterocycles. The number of nitrogens with two attached hydrogens (primary N) is 1. The molecule has 0 radical (unpaired) electrons. The predicted octanol–water partition coefficient (Wildman–Crippen LogP) is 0.0413. The van der Waals surface area contributed by atoms with E-state index >= 15 is 0 Å². The number of amides is 2. The zero-order valence-corrected chi connectivity index (χ0v) is 10.5. The van der Waals surface area contributed by atoms with Crippen LogP contribution in [0.2, 0.25) is 0 Å². The van der Waals surface area contributed by atoms with Crippen LogP contribution in [0.4, 0.5) is 11.4 Å². The van der Waals surface area contributed by atoms with Crippen LogP contribution in [-0.2, 0) is 4.79 Å². The second-order valence-corrected chi connectivity index (χ2v) is 3.84. The van der Waals surface area contributed by atoms with E-state index in [1.807, 2.05) is 0 Å². The summed E-state index contributed by atoms with van der Waals surface area (Å²) in [7, 11) is 1.44. The molecule has 4 N–H and O–H groups in total. The van der Waals surface area contributed by atoms with E-state index in [1.54, 1.807) is 0 Å². The highest BCUT2D eigenvalue weighted by atomic mass is 16.6. The van der Waals surface area contributed by atoms with Crippen molar-refractivity contribution in [3.63, 3.8) is 0 Å². The smallest absolute Gasteiger partial charge is 0.270 e. The Bertz CT molecular complexity index is 529. The molecule has 102 valence electrons. The van der Waals surface area contributed by atoms with E-state index in [1.165, 1.54) is 26.1 Å². The van der Waals surface area contributed by atoms with Gasteiger partial charge in [-0.2, -0.15) is 0 Å². The fourth-order valence-electron chi connectivity index (χ4n) is 1.41. The molecule has 1 aromatic rings. The Kier molecular flexibility index (Phi) is 4.41. The normalized spacial score (nSPS) is 11.5. The van der Waals surface area contributed by atoms with Gasteiger partial charge < -0.3 is 16.4 Å². The first-order valence-corrected chi connectivity index (χ1v) is 5.43. The van der Waals surface area contributed by atoms with Crippen molar-refractivity contribution in [2.45, 2.75) is 13.0 Å². The molecule has 2 amide bonds. The summed E-state index contributed by atoms with van der Waals surface area (Å²) in [5.74, 6) is -1.02. The summed E-state index contributed by atoms with van der Waals surface area (Å²) in [5, 5.41) is 15.4. The molecule has 0 fully saturated rings. The van der Waals surface area contributed by atoms with Gasteiger partial charge in [-0.1, -0.05) is 0 Å². The monoisotopic (exact) mass is 266 g/mol. The van der Waals surface area contributed by atoms with Crippen molar-refractivity contribution in [2.24, 2.45) is 0 Å². The number of nitro benzene ring substituents is 1. The van der Waals surface area contributed by atoms with Crippen molar-refractivity contribution >= 4 is 23.2 Å². The lowest BCUT2D eigenvalue weighted by molar-refractivity contribution is -0.384. The molecule has 0 spiro atoms. The number of anilines is 1. The van der Waals surface area contributed by atoms with Crippen molar-refractivity contribution in [2.75, 3.05) is 12.8 Å². The second kappa shape index (κ2) is 5.80. The van der Waals surface area contributed by atoms with Crippen LogP contribution >= 0.6 is 0 Å². The van der Waals surface area contributed by atoms with Gasteiger partial charge in [0.25, 0.3) is 11.6 Å². The number of nitrogens with one attached hydrogen (secondary N) is 2. The Morgan fingerprint density at radius 1 is 1.42 bits per heavy atom. The molecule has 0 saturated heterocycles. The fourth-order valence-corrected chi connectivity index (χ4v) is 1.41. The van der Waals surface area contributed by atoms with Gasteiger partial charge in [0, 0.05) is 24.9 Å². The number of nitro groups is 1. The first kappa shape index (κ1) is 14.4. The van der Waals surface area contributed by atoms with E-state index < -0.39 is 16.9 Å². The number of nitrogens with zero attached hydrogens (tertiary/aromatic N) is 1. The highest BCUT2D eigenvalue weighted by Crippen LogP contribution is 2.19. The molecule has 0 aliphatic heterocycles. The molecule has 0 saturated carbocycles. The van der Waals surface area contributed by atoms with E-state index in [9.17, 15) is 19.7 Å². The van der Waals surface area contributed by atoms with Gasteiger partial charge in [0.2, 0.25) is 5.91 Å². The van der Waals surface area contributed by atoms with Gasteiger partial charge in [-0.15, -0.1) is 0 Å². The number of rotatable bonds is 4. The van der Waals surface area contributed by atoms with Gasteiger partial charge in [0.05, 0.1) is 10.5 Å². The molecule has 1 unspecified atom stereocenters. The van der Waals surface area contributed by atoms with Crippen molar-refractivity contribution in [3.8, 4) is 0 Å². The molecule has 0 aromatic heterocycles. The zero-order valence-electron chi connectivity index (χ0n) is 10.5. The summed E-state index contributed by atoms with van der Waals surface area (Å²) in [4.78, 5) is 33.2. The van der Waals surface area contributed by atoms with Gasteiger partial charge in [0.1, 0.15) is 6.04 Å².